The van der Waals surface area contributed by atoms with Gasteiger partial charge in [0.25, 0.3) is 0 Å². The van der Waals surface area contributed by atoms with Gasteiger partial charge < -0.3 is 10.6 Å². The summed E-state index contributed by atoms with van der Waals surface area (Å²) in [6.07, 6.45) is 9.74. The van der Waals surface area contributed by atoms with Crippen molar-refractivity contribution >= 4 is 0 Å². The Morgan fingerprint density at radius 1 is 1.40 bits per heavy atom. The number of aryl methyl sites for hydroxylation is 2. The van der Waals surface area contributed by atoms with Crippen molar-refractivity contribution < 1.29 is 0 Å². The molecule has 1 aromatic rings. The second-order valence-corrected chi connectivity index (χ2v) is 5.48. The van der Waals surface area contributed by atoms with E-state index in [-0.39, 0.29) is 0 Å². The first-order chi connectivity index (χ1) is 9.52. The van der Waals surface area contributed by atoms with E-state index in [1.807, 2.05) is 12.3 Å². The maximum Gasteiger partial charge on any atom is 0.0573 e. The van der Waals surface area contributed by atoms with Crippen LogP contribution in [0, 0.1) is 13.8 Å². The quantitative estimate of drug-likeness (QED) is 0.775. The zero-order chi connectivity index (χ0) is 15.0. The SMILES string of the molecule is C/C(=C/C/C=C\N)CCN(C)Cc1ncc(C)cc1C. The maximum absolute atomic E-state index is 5.32. The van der Waals surface area contributed by atoms with Gasteiger partial charge in [0.2, 0.25) is 0 Å². The van der Waals surface area contributed by atoms with Crippen LogP contribution in [-0.2, 0) is 6.54 Å². The largest absolute Gasteiger partial charge is 0.405 e. The van der Waals surface area contributed by atoms with Crippen LogP contribution in [0.15, 0.2) is 36.2 Å². The number of nitrogens with two attached hydrogens (primary N) is 1. The topological polar surface area (TPSA) is 42.1 Å². The minimum absolute atomic E-state index is 0.905. The predicted molar refractivity (Wildman–Crippen MR) is 86.4 cm³/mol. The van der Waals surface area contributed by atoms with Crippen molar-refractivity contribution in [3.63, 3.8) is 0 Å². The van der Waals surface area contributed by atoms with Crippen LogP contribution in [0.4, 0.5) is 0 Å². The summed E-state index contributed by atoms with van der Waals surface area (Å²) < 4.78 is 0. The summed E-state index contributed by atoms with van der Waals surface area (Å²) in [6, 6.07) is 2.19. The molecule has 1 rings (SSSR count). The Morgan fingerprint density at radius 3 is 2.80 bits per heavy atom. The molecule has 0 spiro atoms. The van der Waals surface area contributed by atoms with E-state index in [4.69, 9.17) is 5.73 Å². The van der Waals surface area contributed by atoms with Gasteiger partial charge in [0.1, 0.15) is 0 Å². The summed E-state index contributed by atoms with van der Waals surface area (Å²) >= 11 is 0. The molecule has 2 N–H and O–H groups in total. The van der Waals surface area contributed by atoms with Gasteiger partial charge in [-0.2, -0.15) is 0 Å². The highest BCUT2D eigenvalue weighted by molar-refractivity contribution is 5.23. The summed E-state index contributed by atoms with van der Waals surface area (Å²) in [5.74, 6) is 0. The van der Waals surface area contributed by atoms with Gasteiger partial charge in [-0.3, -0.25) is 4.98 Å². The molecule has 0 amide bonds. The molecule has 0 aliphatic carbocycles. The smallest absolute Gasteiger partial charge is 0.0573 e. The van der Waals surface area contributed by atoms with Gasteiger partial charge in [-0.25, -0.2) is 0 Å². The Hall–Kier alpha value is -1.61. The zero-order valence-electron chi connectivity index (χ0n) is 13.2. The highest BCUT2D eigenvalue weighted by Crippen LogP contribution is 2.10. The number of rotatable bonds is 7. The molecule has 1 heterocycles. The third kappa shape index (κ3) is 6.02. The normalized spacial score (nSPS) is 12.6. The lowest BCUT2D eigenvalue weighted by molar-refractivity contribution is 0.326. The summed E-state index contributed by atoms with van der Waals surface area (Å²) in [5, 5.41) is 0. The summed E-state index contributed by atoms with van der Waals surface area (Å²) in [4.78, 5) is 6.85. The fraction of sp³-hybridized carbons (Fsp3) is 0.471. The van der Waals surface area contributed by atoms with Crippen LogP contribution < -0.4 is 5.73 Å². The average molecular weight is 273 g/mol. The van der Waals surface area contributed by atoms with Gasteiger partial charge in [-0.1, -0.05) is 23.8 Å². The number of pyridine rings is 1. The minimum Gasteiger partial charge on any atom is -0.405 e. The van der Waals surface area contributed by atoms with E-state index in [0.29, 0.717) is 0 Å². The zero-order valence-corrected chi connectivity index (χ0v) is 13.2. The number of allylic oxidation sites excluding steroid dienone is 2. The van der Waals surface area contributed by atoms with E-state index >= 15 is 0 Å². The number of hydrogen-bond donors (Lipinski definition) is 1. The third-order valence-electron chi connectivity index (χ3n) is 3.37. The maximum atomic E-state index is 5.32. The first-order valence-electron chi connectivity index (χ1n) is 7.16. The van der Waals surface area contributed by atoms with Gasteiger partial charge in [0.05, 0.1) is 5.69 Å². The number of hydrogen-bond acceptors (Lipinski definition) is 3. The Labute approximate surface area is 123 Å². The van der Waals surface area contributed by atoms with Crippen LogP contribution in [0.3, 0.4) is 0 Å². The van der Waals surface area contributed by atoms with E-state index in [1.165, 1.54) is 22.4 Å². The first-order valence-corrected chi connectivity index (χ1v) is 7.16. The van der Waals surface area contributed by atoms with Crippen LogP contribution in [-0.4, -0.2) is 23.5 Å². The predicted octanol–water partition coefficient (Wildman–Crippen LogP) is 3.33. The van der Waals surface area contributed by atoms with Gasteiger partial charge in [-0.05, 0) is 58.0 Å². The van der Waals surface area contributed by atoms with Crippen LogP contribution >= 0.6 is 0 Å². The van der Waals surface area contributed by atoms with E-state index in [9.17, 15) is 0 Å². The molecule has 110 valence electrons. The molecule has 3 heteroatoms. The highest BCUT2D eigenvalue weighted by Gasteiger charge is 2.05. The first kappa shape index (κ1) is 16.4. The summed E-state index contributed by atoms with van der Waals surface area (Å²) in [6.45, 7) is 8.34. The van der Waals surface area contributed by atoms with Gasteiger partial charge in [-0.15, -0.1) is 0 Å². The van der Waals surface area contributed by atoms with E-state index in [0.717, 1.165) is 25.9 Å². The van der Waals surface area contributed by atoms with Gasteiger partial charge in [0.15, 0.2) is 0 Å². The minimum atomic E-state index is 0.905. The Bertz CT molecular complexity index is 475. The fourth-order valence-corrected chi connectivity index (χ4v) is 2.06. The van der Waals surface area contributed by atoms with Gasteiger partial charge in [0, 0.05) is 19.3 Å². The lowest BCUT2D eigenvalue weighted by atomic mass is 10.1. The average Bonchev–Trinajstić information content (AvgIpc) is 2.40. The van der Waals surface area contributed by atoms with Gasteiger partial charge >= 0.3 is 0 Å². The molecule has 0 saturated carbocycles. The van der Waals surface area contributed by atoms with E-state index in [2.05, 4.69) is 49.8 Å². The Kier molecular flexibility index (Phi) is 7.02. The molecule has 0 radical (unpaired) electrons. The van der Waals surface area contributed by atoms with Crippen molar-refractivity contribution in [2.75, 3.05) is 13.6 Å². The molecule has 0 unspecified atom stereocenters. The van der Waals surface area contributed by atoms with Crippen LogP contribution in [0.25, 0.3) is 0 Å². The van der Waals surface area contributed by atoms with Crippen molar-refractivity contribution in [2.24, 2.45) is 5.73 Å². The second kappa shape index (κ2) is 8.54. The lowest BCUT2D eigenvalue weighted by Gasteiger charge is -2.17. The van der Waals surface area contributed by atoms with Crippen molar-refractivity contribution in [2.45, 2.75) is 40.2 Å². The Balaban J connectivity index is 2.43. The molecule has 0 saturated heterocycles. The van der Waals surface area contributed by atoms with E-state index < -0.39 is 0 Å². The molecule has 0 atom stereocenters. The third-order valence-corrected chi connectivity index (χ3v) is 3.37. The highest BCUT2D eigenvalue weighted by atomic mass is 15.1. The molecular formula is C17H27N3. The standard InChI is InChI=1S/C17H27N3/c1-14(7-5-6-9-18)8-10-20(4)13-17-16(3)11-15(2)12-19-17/h6-7,9,11-12H,5,8,10,13,18H2,1-4H3/b9-6-,14-7-. The molecule has 3 nitrogen and oxygen atoms in total. The van der Waals surface area contributed by atoms with E-state index in [1.54, 1.807) is 6.20 Å². The summed E-state index contributed by atoms with van der Waals surface area (Å²) in [5.41, 5.74) is 10.4. The second-order valence-electron chi connectivity index (χ2n) is 5.48. The molecule has 0 aromatic carbocycles. The fourth-order valence-electron chi connectivity index (χ4n) is 2.06. The monoisotopic (exact) mass is 273 g/mol. The molecule has 20 heavy (non-hydrogen) atoms. The van der Waals surface area contributed by atoms with Crippen molar-refractivity contribution in [1.29, 1.82) is 0 Å². The molecular weight excluding hydrogens is 246 g/mol. The molecule has 0 fully saturated rings. The van der Waals surface area contributed by atoms with Crippen molar-refractivity contribution in [3.8, 4) is 0 Å². The van der Waals surface area contributed by atoms with Crippen molar-refractivity contribution in [1.82, 2.24) is 9.88 Å². The molecule has 1 aromatic heterocycles. The summed E-state index contributed by atoms with van der Waals surface area (Å²) in [7, 11) is 2.15. The molecule has 0 bridgehead atoms. The molecule has 0 aliphatic rings. The van der Waals surface area contributed by atoms with Crippen LogP contribution in [0.1, 0.15) is 36.6 Å². The number of aromatic nitrogens is 1. The molecule has 0 aliphatic heterocycles. The lowest BCUT2D eigenvalue weighted by Crippen LogP contribution is -2.20. The van der Waals surface area contributed by atoms with Crippen LogP contribution in [0.5, 0.6) is 0 Å². The van der Waals surface area contributed by atoms with Crippen molar-refractivity contribution in [3.05, 3.63) is 53.0 Å². The Morgan fingerprint density at radius 2 is 2.15 bits per heavy atom. The van der Waals surface area contributed by atoms with Crippen LogP contribution in [0.2, 0.25) is 0 Å². The number of nitrogens with zero attached hydrogens (tertiary/aromatic N) is 2.